The minimum absolute atomic E-state index is 0.116. The van der Waals surface area contributed by atoms with E-state index in [9.17, 15) is 19.8 Å². The number of rotatable bonds is 4. The van der Waals surface area contributed by atoms with Crippen molar-refractivity contribution >= 4 is 33.5 Å². The summed E-state index contributed by atoms with van der Waals surface area (Å²) in [6.07, 6.45) is 0. The summed E-state index contributed by atoms with van der Waals surface area (Å²) in [6, 6.07) is 38.0. The van der Waals surface area contributed by atoms with E-state index < -0.39 is 17.4 Å². The Hall–Kier alpha value is -6.10. The predicted molar refractivity (Wildman–Crippen MR) is 179 cm³/mol. The zero-order valence-electron chi connectivity index (χ0n) is 24.8. The molecule has 0 radical (unpaired) electrons. The lowest BCUT2D eigenvalue weighted by Crippen LogP contribution is -2.20. The van der Waals surface area contributed by atoms with Gasteiger partial charge in [-0.15, -0.1) is 0 Å². The maximum Gasteiger partial charge on any atom is 0.336 e. The first-order chi connectivity index (χ1) is 21.7. The molecule has 4 heteroatoms. The van der Waals surface area contributed by atoms with E-state index >= 15 is 0 Å². The van der Waals surface area contributed by atoms with Crippen molar-refractivity contribution in [3.63, 3.8) is 0 Å². The zero-order chi connectivity index (χ0) is 31.6. The number of fused-ring (bicyclic) bond motifs is 2. The molecule has 0 saturated carbocycles. The number of hydrogen-bond acceptors (Lipinski definition) is 2. The third-order valence-corrected chi connectivity index (χ3v) is 8.19. The van der Waals surface area contributed by atoms with Crippen LogP contribution in [0, 0.1) is 23.7 Å². The van der Waals surface area contributed by atoms with E-state index in [4.69, 9.17) is 0 Å². The Labute approximate surface area is 261 Å². The third kappa shape index (κ3) is 5.78. The molecule has 0 aliphatic rings. The van der Waals surface area contributed by atoms with Crippen molar-refractivity contribution in [1.29, 1.82) is 0 Å². The molecular weight excluding hydrogens is 556 g/mol. The Kier molecular flexibility index (Phi) is 7.66. The highest BCUT2D eigenvalue weighted by Gasteiger charge is 2.26. The lowest BCUT2D eigenvalue weighted by atomic mass is 9.76. The molecule has 4 nitrogen and oxygen atoms in total. The molecule has 45 heavy (non-hydrogen) atoms. The molecule has 2 N–H and O–H groups in total. The van der Waals surface area contributed by atoms with E-state index in [0.29, 0.717) is 11.1 Å². The molecule has 216 valence electrons. The van der Waals surface area contributed by atoms with Crippen LogP contribution in [0.25, 0.3) is 21.5 Å². The Balaban J connectivity index is 1.42. The van der Waals surface area contributed by atoms with Gasteiger partial charge < -0.3 is 10.2 Å². The van der Waals surface area contributed by atoms with Crippen molar-refractivity contribution in [3.8, 4) is 23.7 Å². The van der Waals surface area contributed by atoms with Crippen LogP contribution in [0.15, 0.2) is 121 Å². The lowest BCUT2D eigenvalue weighted by Gasteiger charge is -2.27. The second kappa shape index (κ2) is 11.9. The van der Waals surface area contributed by atoms with E-state index in [2.05, 4.69) is 23.7 Å². The van der Waals surface area contributed by atoms with Crippen molar-refractivity contribution < 1.29 is 19.8 Å². The highest BCUT2D eigenvalue weighted by atomic mass is 16.4. The Morgan fingerprint density at radius 3 is 1.29 bits per heavy atom. The molecule has 6 rings (SSSR count). The maximum atomic E-state index is 12.2. The number of carbonyl (C=O) groups is 2. The van der Waals surface area contributed by atoms with Crippen molar-refractivity contribution in [1.82, 2.24) is 0 Å². The molecule has 0 spiro atoms. The van der Waals surface area contributed by atoms with E-state index in [-0.39, 0.29) is 11.1 Å². The predicted octanol–water partition coefficient (Wildman–Crippen LogP) is 8.51. The number of aromatic carboxylic acids is 2. The molecule has 0 fully saturated rings. The molecule has 0 aromatic heterocycles. The fourth-order valence-electron chi connectivity index (χ4n) is 5.55. The summed E-state index contributed by atoms with van der Waals surface area (Å²) in [5, 5.41) is 24.0. The minimum atomic E-state index is -1.06. The van der Waals surface area contributed by atoms with Gasteiger partial charge in [-0.05, 0) is 69.1 Å². The van der Waals surface area contributed by atoms with Gasteiger partial charge in [-0.2, -0.15) is 0 Å². The second-order valence-corrected chi connectivity index (χ2v) is 11.3. The Morgan fingerprint density at radius 2 is 0.867 bits per heavy atom. The number of carboxylic acids is 2. The quantitative estimate of drug-likeness (QED) is 0.204. The number of carboxylic acid groups (broad SMARTS) is 2. The Bertz CT molecular complexity index is 2100. The number of hydrogen-bond donors (Lipinski definition) is 2. The van der Waals surface area contributed by atoms with Crippen LogP contribution >= 0.6 is 0 Å². The first kappa shape index (κ1) is 29.0. The van der Waals surface area contributed by atoms with Gasteiger partial charge in [0.2, 0.25) is 0 Å². The van der Waals surface area contributed by atoms with Gasteiger partial charge in [-0.1, -0.05) is 122 Å². The fourth-order valence-corrected chi connectivity index (χ4v) is 5.55. The van der Waals surface area contributed by atoms with E-state index in [0.717, 1.165) is 43.8 Å². The van der Waals surface area contributed by atoms with Gasteiger partial charge in [0.25, 0.3) is 0 Å². The van der Waals surface area contributed by atoms with Crippen LogP contribution in [0.4, 0.5) is 0 Å². The highest BCUT2D eigenvalue weighted by Crippen LogP contribution is 2.34. The van der Waals surface area contributed by atoms with E-state index in [1.807, 2.05) is 111 Å². The summed E-state index contributed by atoms with van der Waals surface area (Å²) in [5.74, 6) is 10.5. The molecule has 6 aromatic rings. The molecule has 0 aliphatic heterocycles. The molecular formula is C41H28O4. The summed E-state index contributed by atoms with van der Waals surface area (Å²) >= 11 is 0. The monoisotopic (exact) mass is 584 g/mol. The summed E-state index contributed by atoms with van der Waals surface area (Å²) in [6.45, 7) is 4.03. The fraction of sp³-hybridized carbons (Fsp3) is 0.0732. The van der Waals surface area contributed by atoms with Crippen LogP contribution in [0.2, 0.25) is 0 Å². The normalized spacial score (nSPS) is 10.9. The molecule has 0 amide bonds. The average molecular weight is 585 g/mol. The van der Waals surface area contributed by atoms with Gasteiger partial charge in [0.15, 0.2) is 0 Å². The zero-order valence-corrected chi connectivity index (χ0v) is 24.8. The van der Waals surface area contributed by atoms with Crippen LogP contribution in [0.3, 0.4) is 0 Å². The van der Waals surface area contributed by atoms with Crippen molar-refractivity contribution in [3.05, 3.63) is 166 Å². The molecule has 0 unspecified atom stereocenters. The molecule has 0 heterocycles. The van der Waals surface area contributed by atoms with Crippen LogP contribution in [-0.4, -0.2) is 22.2 Å². The molecule has 6 aromatic carbocycles. The molecule has 0 atom stereocenters. The largest absolute Gasteiger partial charge is 0.478 e. The van der Waals surface area contributed by atoms with Gasteiger partial charge >= 0.3 is 11.9 Å². The highest BCUT2D eigenvalue weighted by molar-refractivity contribution is 5.93. The van der Waals surface area contributed by atoms with Gasteiger partial charge in [-0.3, -0.25) is 0 Å². The van der Waals surface area contributed by atoms with Gasteiger partial charge in [0.05, 0.1) is 11.1 Å². The van der Waals surface area contributed by atoms with E-state index in [1.54, 1.807) is 24.3 Å². The Morgan fingerprint density at radius 1 is 0.489 bits per heavy atom. The first-order valence-electron chi connectivity index (χ1n) is 14.5. The summed E-state index contributed by atoms with van der Waals surface area (Å²) in [7, 11) is 0. The topological polar surface area (TPSA) is 74.6 Å². The van der Waals surface area contributed by atoms with Crippen LogP contribution in [-0.2, 0) is 5.41 Å². The number of benzene rings is 6. The van der Waals surface area contributed by atoms with Crippen LogP contribution in [0.1, 0.15) is 67.9 Å². The van der Waals surface area contributed by atoms with Crippen molar-refractivity contribution in [2.24, 2.45) is 0 Å². The second-order valence-electron chi connectivity index (χ2n) is 11.3. The molecule has 0 bridgehead atoms. The molecule has 0 aliphatic carbocycles. The van der Waals surface area contributed by atoms with E-state index in [1.165, 1.54) is 0 Å². The smallest absolute Gasteiger partial charge is 0.336 e. The van der Waals surface area contributed by atoms with Gasteiger partial charge in [-0.25, -0.2) is 9.59 Å². The average Bonchev–Trinajstić information content (AvgIpc) is 3.05. The van der Waals surface area contributed by atoms with Crippen molar-refractivity contribution in [2.75, 3.05) is 0 Å². The van der Waals surface area contributed by atoms with Crippen LogP contribution < -0.4 is 0 Å². The van der Waals surface area contributed by atoms with Gasteiger partial charge in [0, 0.05) is 27.7 Å². The summed E-state index contributed by atoms with van der Waals surface area (Å²) in [4.78, 5) is 24.3. The van der Waals surface area contributed by atoms with Crippen LogP contribution in [0.5, 0.6) is 0 Å². The van der Waals surface area contributed by atoms with Crippen molar-refractivity contribution in [2.45, 2.75) is 19.3 Å². The standard InChI is InChI=1S/C41H28O4/c1-41(2,33-21-23-37(39(42)43)31(25-33)19-17-29-13-7-11-27-9-3-5-15-35(27)29)34-22-24-38(40(44)45)32(26-34)20-18-30-14-8-12-28-10-4-6-16-36(28)30/h3-16,21-26H,1-2H3,(H,42,43)(H,44,45). The maximum absolute atomic E-state index is 12.2. The SMILES string of the molecule is CC(C)(c1ccc(C(=O)O)c(C#Cc2cccc3ccccc23)c1)c1ccc(C(=O)O)c(C#Cc2cccc3ccccc23)c1. The molecule has 0 saturated heterocycles. The first-order valence-corrected chi connectivity index (χ1v) is 14.5. The summed E-state index contributed by atoms with van der Waals surface area (Å²) < 4.78 is 0. The third-order valence-electron chi connectivity index (χ3n) is 8.19. The minimum Gasteiger partial charge on any atom is -0.478 e. The van der Waals surface area contributed by atoms with Gasteiger partial charge in [0.1, 0.15) is 0 Å². The lowest BCUT2D eigenvalue weighted by molar-refractivity contribution is 0.0685. The summed E-state index contributed by atoms with van der Waals surface area (Å²) in [5.41, 5.74) is 3.71.